The van der Waals surface area contributed by atoms with Crippen LogP contribution in [0.1, 0.15) is 38.5 Å². The van der Waals surface area contributed by atoms with Gasteiger partial charge in [-0.05, 0) is 44.6 Å². The summed E-state index contributed by atoms with van der Waals surface area (Å²) in [6, 6.07) is 0.414. The Bertz CT molecular complexity index is 363. The Morgan fingerprint density at radius 2 is 1.90 bits per heavy atom. The zero-order chi connectivity index (χ0) is 13.2. The molecule has 20 heavy (non-hydrogen) atoms. The molecule has 2 amide bonds. The Morgan fingerprint density at radius 1 is 1.15 bits per heavy atom. The van der Waals surface area contributed by atoms with Crippen molar-refractivity contribution in [1.29, 1.82) is 0 Å². The fourth-order valence-electron chi connectivity index (χ4n) is 3.66. The summed E-state index contributed by atoms with van der Waals surface area (Å²) in [7, 11) is 0. The number of rotatable bonds is 2. The first-order valence-corrected chi connectivity index (χ1v) is 7.55. The van der Waals surface area contributed by atoms with Gasteiger partial charge in [0.1, 0.15) is 6.04 Å². The summed E-state index contributed by atoms with van der Waals surface area (Å²) in [5.41, 5.74) is 0. The molecule has 2 unspecified atom stereocenters. The van der Waals surface area contributed by atoms with E-state index in [1.54, 1.807) is 0 Å². The number of amides is 2. The Morgan fingerprint density at radius 3 is 2.45 bits per heavy atom. The first-order valence-electron chi connectivity index (χ1n) is 7.55. The molecule has 3 rings (SSSR count). The van der Waals surface area contributed by atoms with E-state index in [2.05, 4.69) is 10.6 Å². The number of hydrogen-bond acceptors (Lipinski definition) is 3. The maximum atomic E-state index is 12.3. The standard InChI is InChI=1S/C14H23N3O2.ClH/c18-13-4-3-12(16-13)14(19)17-8-5-10(6-9-17)11-2-1-7-15-11;/h10-12,15H,1-9H2,(H,16,18);1H. The highest BCUT2D eigenvalue weighted by Gasteiger charge is 2.34. The highest BCUT2D eigenvalue weighted by molar-refractivity contribution is 5.90. The number of nitrogens with zero attached hydrogens (tertiary/aromatic N) is 1. The first kappa shape index (κ1) is 15.6. The molecule has 0 spiro atoms. The van der Waals surface area contributed by atoms with Gasteiger partial charge in [0, 0.05) is 25.6 Å². The molecule has 0 radical (unpaired) electrons. The van der Waals surface area contributed by atoms with Crippen LogP contribution < -0.4 is 10.6 Å². The summed E-state index contributed by atoms with van der Waals surface area (Å²) in [6.07, 6.45) is 5.95. The van der Waals surface area contributed by atoms with Crippen LogP contribution in [0.2, 0.25) is 0 Å². The van der Waals surface area contributed by atoms with Crippen molar-refractivity contribution in [3.63, 3.8) is 0 Å². The maximum Gasteiger partial charge on any atom is 0.245 e. The van der Waals surface area contributed by atoms with E-state index in [4.69, 9.17) is 0 Å². The quantitative estimate of drug-likeness (QED) is 0.788. The van der Waals surface area contributed by atoms with Crippen LogP contribution in [0.5, 0.6) is 0 Å². The average molecular weight is 302 g/mol. The van der Waals surface area contributed by atoms with Gasteiger partial charge in [0.05, 0.1) is 0 Å². The van der Waals surface area contributed by atoms with Crippen molar-refractivity contribution in [2.24, 2.45) is 5.92 Å². The van der Waals surface area contributed by atoms with Crippen LogP contribution in [0.4, 0.5) is 0 Å². The Kier molecular flexibility index (Phi) is 5.27. The monoisotopic (exact) mass is 301 g/mol. The van der Waals surface area contributed by atoms with Crippen LogP contribution in [-0.4, -0.2) is 48.4 Å². The van der Waals surface area contributed by atoms with Crippen molar-refractivity contribution in [2.75, 3.05) is 19.6 Å². The fraction of sp³-hybridized carbons (Fsp3) is 0.857. The summed E-state index contributed by atoms with van der Waals surface area (Å²) < 4.78 is 0. The number of nitrogens with one attached hydrogen (secondary N) is 2. The zero-order valence-corrected chi connectivity index (χ0v) is 12.6. The molecule has 3 aliphatic heterocycles. The largest absolute Gasteiger partial charge is 0.344 e. The van der Waals surface area contributed by atoms with E-state index in [9.17, 15) is 9.59 Å². The van der Waals surface area contributed by atoms with E-state index in [-0.39, 0.29) is 30.3 Å². The van der Waals surface area contributed by atoms with Gasteiger partial charge in [-0.15, -0.1) is 12.4 Å². The van der Waals surface area contributed by atoms with Gasteiger partial charge in [-0.3, -0.25) is 9.59 Å². The number of carbonyl (C=O) groups is 2. The molecule has 0 aromatic carbocycles. The molecule has 2 atom stereocenters. The SMILES string of the molecule is Cl.O=C1CCC(C(=O)N2CCC(C3CCCN3)CC2)N1. The van der Waals surface area contributed by atoms with Crippen molar-refractivity contribution >= 4 is 24.2 Å². The molecule has 0 aromatic rings. The van der Waals surface area contributed by atoms with Crippen LogP contribution in [-0.2, 0) is 9.59 Å². The minimum absolute atomic E-state index is 0. The predicted octanol–water partition coefficient (Wildman–Crippen LogP) is 0.677. The van der Waals surface area contributed by atoms with Crippen molar-refractivity contribution in [3.05, 3.63) is 0 Å². The minimum Gasteiger partial charge on any atom is -0.344 e. The Hall–Kier alpha value is -0.810. The molecule has 6 heteroatoms. The molecule has 0 aromatic heterocycles. The predicted molar refractivity (Wildman–Crippen MR) is 78.7 cm³/mol. The van der Waals surface area contributed by atoms with E-state index < -0.39 is 0 Å². The molecule has 3 aliphatic rings. The van der Waals surface area contributed by atoms with Crippen molar-refractivity contribution < 1.29 is 9.59 Å². The summed E-state index contributed by atoms with van der Waals surface area (Å²) >= 11 is 0. The van der Waals surface area contributed by atoms with Gasteiger partial charge in [-0.2, -0.15) is 0 Å². The molecule has 5 nitrogen and oxygen atoms in total. The summed E-state index contributed by atoms with van der Waals surface area (Å²) in [4.78, 5) is 25.4. The van der Waals surface area contributed by atoms with Crippen molar-refractivity contribution in [2.45, 2.75) is 50.6 Å². The van der Waals surface area contributed by atoms with E-state index in [0.29, 0.717) is 18.9 Å². The molecule has 0 bridgehead atoms. The van der Waals surface area contributed by atoms with Gasteiger partial charge in [-0.1, -0.05) is 0 Å². The molecule has 3 fully saturated rings. The normalized spacial score (nSPS) is 31.0. The molecule has 3 heterocycles. The van der Waals surface area contributed by atoms with Crippen LogP contribution in [0, 0.1) is 5.92 Å². The topological polar surface area (TPSA) is 61.4 Å². The molecule has 2 N–H and O–H groups in total. The molecular formula is C14H24ClN3O2. The van der Waals surface area contributed by atoms with Gasteiger partial charge in [0.2, 0.25) is 11.8 Å². The number of hydrogen-bond donors (Lipinski definition) is 2. The lowest BCUT2D eigenvalue weighted by Crippen LogP contribution is -2.49. The number of likely N-dealkylation sites (tertiary alicyclic amines) is 1. The Balaban J connectivity index is 0.00000147. The van der Waals surface area contributed by atoms with Crippen molar-refractivity contribution in [3.8, 4) is 0 Å². The highest BCUT2D eigenvalue weighted by Crippen LogP contribution is 2.26. The summed E-state index contributed by atoms with van der Waals surface area (Å²) in [5, 5.41) is 6.35. The van der Waals surface area contributed by atoms with E-state index in [0.717, 1.165) is 38.4 Å². The van der Waals surface area contributed by atoms with Crippen LogP contribution in [0.3, 0.4) is 0 Å². The maximum absolute atomic E-state index is 12.3. The molecule has 114 valence electrons. The average Bonchev–Trinajstić information content (AvgIpc) is 3.09. The number of piperidine rings is 1. The van der Waals surface area contributed by atoms with Gasteiger partial charge >= 0.3 is 0 Å². The van der Waals surface area contributed by atoms with Crippen LogP contribution >= 0.6 is 12.4 Å². The van der Waals surface area contributed by atoms with E-state index in [1.165, 1.54) is 12.8 Å². The third-order valence-corrected chi connectivity index (χ3v) is 4.81. The smallest absolute Gasteiger partial charge is 0.245 e. The highest BCUT2D eigenvalue weighted by atomic mass is 35.5. The second-order valence-electron chi connectivity index (χ2n) is 6.02. The third kappa shape index (κ3) is 3.26. The summed E-state index contributed by atoms with van der Waals surface area (Å²) in [6.45, 7) is 2.86. The van der Waals surface area contributed by atoms with E-state index in [1.807, 2.05) is 4.90 Å². The zero-order valence-electron chi connectivity index (χ0n) is 11.8. The number of halogens is 1. The van der Waals surface area contributed by atoms with Gasteiger partial charge in [0.15, 0.2) is 0 Å². The molecular weight excluding hydrogens is 278 g/mol. The molecule has 3 saturated heterocycles. The van der Waals surface area contributed by atoms with Gasteiger partial charge in [0.25, 0.3) is 0 Å². The minimum atomic E-state index is -0.256. The first-order chi connectivity index (χ1) is 9.24. The van der Waals surface area contributed by atoms with Crippen LogP contribution in [0.25, 0.3) is 0 Å². The van der Waals surface area contributed by atoms with Crippen molar-refractivity contribution in [1.82, 2.24) is 15.5 Å². The number of carbonyl (C=O) groups excluding carboxylic acids is 2. The van der Waals surface area contributed by atoms with Crippen LogP contribution in [0.15, 0.2) is 0 Å². The Labute approximate surface area is 126 Å². The summed E-state index contributed by atoms with van der Waals surface area (Å²) in [5.74, 6) is 0.872. The lowest BCUT2D eigenvalue weighted by Gasteiger charge is -2.36. The second-order valence-corrected chi connectivity index (χ2v) is 6.02. The van der Waals surface area contributed by atoms with Gasteiger partial charge < -0.3 is 15.5 Å². The fourth-order valence-corrected chi connectivity index (χ4v) is 3.66. The lowest BCUT2D eigenvalue weighted by atomic mass is 9.88. The second kappa shape index (κ2) is 6.76. The van der Waals surface area contributed by atoms with E-state index >= 15 is 0 Å². The molecule has 0 saturated carbocycles. The lowest BCUT2D eigenvalue weighted by molar-refractivity contribution is -0.135. The third-order valence-electron chi connectivity index (χ3n) is 4.81. The van der Waals surface area contributed by atoms with Gasteiger partial charge in [-0.25, -0.2) is 0 Å². The molecule has 0 aliphatic carbocycles.